The molecule has 1 unspecified atom stereocenters. The van der Waals surface area contributed by atoms with E-state index in [0.717, 1.165) is 31.8 Å². The number of likely N-dealkylation sites (N-methyl/N-ethyl adjacent to an activating group) is 1. The lowest BCUT2D eigenvalue weighted by Crippen LogP contribution is -2.54. The van der Waals surface area contributed by atoms with Gasteiger partial charge in [-0.25, -0.2) is 0 Å². The van der Waals surface area contributed by atoms with Gasteiger partial charge in [0.15, 0.2) is 0 Å². The van der Waals surface area contributed by atoms with Crippen LogP contribution in [0.1, 0.15) is 25.0 Å². The number of carboxylic acids is 1. The number of aliphatic carboxylic acids is 1. The topological polar surface area (TPSA) is 53.0 Å². The third-order valence-corrected chi connectivity index (χ3v) is 4.55. The molecule has 0 amide bonds. The first-order valence-corrected chi connectivity index (χ1v) is 7.80. The second-order valence-electron chi connectivity index (χ2n) is 7.05. The minimum absolute atomic E-state index is 0.122. The number of nitrogens with zero attached hydrogens (tertiary/aromatic N) is 2. The van der Waals surface area contributed by atoms with Crippen molar-refractivity contribution >= 4 is 5.97 Å². The monoisotopic (exact) mass is 304 g/mol. The fraction of sp³-hybridized carbons (Fsp3) is 0.588. The second kappa shape index (κ2) is 5.56. The number of hydrogen-bond donors (Lipinski definition) is 1. The minimum Gasteiger partial charge on any atom is -0.487 e. The number of ether oxygens (including phenoxy) is 1. The molecule has 5 nitrogen and oxygen atoms in total. The standard InChI is InChI=1S/C17H24N2O3/c1-17(2)9-13-8-12(4-5-15(13)22-17)10-19-7-6-18(3)14(11-19)16(20)21/h4-5,8,14H,6-7,9-11H2,1-3H3,(H,20,21). The van der Waals surface area contributed by atoms with E-state index < -0.39 is 12.0 Å². The van der Waals surface area contributed by atoms with Crippen molar-refractivity contribution in [2.75, 3.05) is 26.7 Å². The van der Waals surface area contributed by atoms with Gasteiger partial charge in [-0.3, -0.25) is 14.6 Å². The van der Waals surface area contributed by atoms with Gasteiger partial charge in [-0.05, 0) is 38.1 Å². The van der Waals surface area contributed by atoms with E-state index in [0.29, 0.717) is 6.54 Å². The maximum atomic E-state index is 11.3. The molecule has 0 bridgehead atoms. The Balaban J connectivity index is 1.68. The molecule has 1 atom stereocenters. The fourth-order valence-electron chi connectivity index (χ4n) is 3.36. The van der Waals surface area contributed by atoms with Crippen LogP contribution in [0.4, 0.5) is 0 Å². The zero-order valence-corrected chi connectivity index (χ0v) is 13.5. The lowest BCUT2D eigenvalue weighted by Gasteiger charge is -2.37. The number of benzene rings is 1. The Labute approximate surface area is 131 Å². The van der Waals surface area contributed by atoms with E-state index in [9.17, 15) is 9.90 Å². The summed E-state index contributed by atoms with van der Waals surface area (Å²) >= 11 is 0. The van der Waals surface area contributed by atoms with Crippen LogP contribution in [-0.2, 0) is 17.8 Å². The summed E-state index contributed by atoms with van der Waals surface area (Å²) in [5, 5.41) is 9.29. The van der Waals surface area contributed by atoms with E-state index in [1.807, 2.05) is 18.0 Å². The Morgan fingerprint density at radius 2 is 2.18 bits per heavy atom. The van der Waals surface area contributed by atoms with Crippen LogP contribution in [0.15, 0.2) is 18.2 Å². The number of carboxylic acid groups (broad SMARTS) is 1. The molecule has 2 heterocycles. The van der Waals surface area contributed by atoms with Crippen molar-refractivity contribution in [2.24, 2.45) is 0 Å². The maximum Gasteiger partial charge on any atom is 0.322 e. The van der Waals surface area contributed by atoms with E-state index >= 15 is 0 Å². The molecule has 1 saturated heterocycles. The van der Waals surface area contributed by atoms with E-state index in [1.165, 1.54) is 11.1 Å². The first-order valence-electron chi connectivity index (χ1n) is 7.80. The predicted molar refractivity (Wildman–Crippen MR) is 84.2 cm³/mol. The SMILES string of the molecule is CN1CCN(Cc2ccc3c(c2)CC(C)(C)O3)CC1C(=O)O. The molecule has 0 saturated carbocycles. The number of fused-ring (bicyclic) bond motifs is 1. The summed E-state index contributed by atoms with van der Waals surface area (Å²) in [5.41, 5.74) is 2.36. The van der Waals surface area contributed by atoms with Crippen LogP contribution in [-0.4, -0.2) is 59.2 Å². The van der Waals surface area contributed by atoms with Gasteiger partial charge in [-0.15, -0.1) is 0 Å². The summed E-state index contributed by atoms with van der Waals surface area (Å²) in [5.74, 6) is 0.242. The molecule has 1 aromatic rings. The zero-order chi connectivity index (χ0) is 15.9. The van der Waals surface area contributed by atoms with Crippen LogP contribution >= 0.6 is 0 Å². The molecule has 120 valence electrons. The number of piperazine rings is 1. The van der Waals surface area contributed by atoms with Crippen LogP contribution in [0.3, 0.4) is 0 Å². The second-order valence-corrected chi connectivity index (χ2v) is 7.05. The van der Waals surface area contributed by atoms with Gasteiger partial charge < -0.3 is 9.84 Å². The Bertz CT molecular complexity index is 585. The summed E-state index contributed by atoms with van der Waals surface area (Å²) in [7, 11) is 1.88. The highest BCUT2D eigenvalue weighted by molar-refractivity contribution is 5.73. The zero-order valence-electron chi connectivity index (χ0n) is 13.5. The largest absolute Gasteiger partial charge is 0.487 e. The van der Waals surface area contributed by atoms with Crippen LogP contribution in [0.2, 0.25) is 0 Å². The van der Waals surface area contributed by atoms with E-state index in [1.54, 1.807) is 0 Å². The summed E-state index contributed by atoms with van der Waals surface area (Å²) < 4.78 is 5.90. The van der Waals surface area contributed by atoms with Gasteiger partial charge in [0.25, 0.3) is 0 Å². The fourth-order valence-corrected chi connectivity index (χ4v) is 3.36. The third-order valence-electron chi connectivity index (χ3n) is 4.55. The van der Waals surface area contributed by atoms with Gasteiger partial charge in [0.2, 0.25) is 0 Å². The molecule has 1 fully saturated rings. The Kier molecular flexibility index (Phi) is 3.87. The number of rotatable bonds is 3. The van der Waals surface area contributed by atoms with Crippen LogP contribution in [0.5, 0.6) is 5.75 Å². The number of carbonyl (C=O) groups is 1. The molecule has 1 aromatic carbocycles. The smallest absolute Gasteiger partial charge is 0.322 e. The first-order chi connectivity index (χ1) is 10.3. The summed E-state index contributed by atoms with van der Waals surface area (Å²) in [4.78, 5) is 15.4. The lowest BCUT2D eigenvalue weighted by atomic mass is 10.00. The van der Waals surface area contributed by atoms with Crippen molar-refractivity contribution < 1.29 is 14.6 Å². The van der Waals surface area contributed by atoms with Crippen molar-refractivity contribution in [1.29, 1.82) is 0 Å². The van der Waals surface area contributed by atoms with E-state index in [2.05, 4.69) is 30.9 Å². The summed E-state index contributed by atoms with van der Waals surface area (Å²) in [6.07, 6.45) is 0.927. The Morgan fingerprint density at radius 1 is 1.41 bits per heavy atom. The molecule has 2 aliphatic rings. The van der Waals surface area contributed by atoms with Gasteiger partial charge in [0.05, 0.1) is 0 Å². The molecule has 0 aliphatic carbocycles. The van der Waals surface area contributed by atoms with Gasteiger partial charge in [0.1, 0.15) is 17.4 Å². The van der Waals surface area contributed by atoms with Crippen LogP contribution in [0, 0.1) is 0 Å². The van der Waals surface area contributed by atoms with Gasteiger partial charge in [0, 0.05) is 32.6 Å². The molecule has 0 radical (unpaired) electrons. The Morgan fingerprint density at radius 3 is 2.91 bits per heavy atom. The highest BCUT2D eigenvalue weighted by Crippen LogP contribution is 2.35. The number of hydrogen-bond acceptors (Lipinski definition) is 4. The quantitative estimate of drug-likeness (QED) is 0.919. The highest BCUT2D eigenvalue weighted by atomic mass is 16.5. The minimum atomic E-state index is -0.740. The Hall–Kier alpha value is -1.59. The predicted octanol–water partition coefficient (Wildman–Crippen LogP) is 1.60. The van der Waals surface area contributed by atoms with Gasteiger partial charge >= 0.3 is 5.97 Å². The van der Waals surface area contributed by atoms with Crippen molar-refractivity contribution in [1.82, 2.24) is 9.80 Å². The normalized spacial score (nSPS) is 24.8. The van der Waals surface area contributed by atoms with Crippen molar-refractivity contribution in [3.63, 3.8) is 0 Å². The maximum absolute atomic E-state index is 11.3. The molecule has 0 spiro atoms. The summed E-state index contributed by atoms with van der Waals surface area (Å²) in [6.45, 7) is 7.27. The highest BCUT2D eigenvalue weighted by Gasteiger charge is 2.31. The van der Waals surface area contributed by atoms with Gasteiger partial charge in [-0.2, -0.15) is 0 Å². The molecule has 5 heteroatoms. The first kappa shape index (κ1) is 15.3. The van der Waals surface area contributed by atoms with Crippen LogP contribution in [0.25, 0.3) is 0 Å². The molecule has 3 rings (SSSR count). The van der Waals surface area contributed by atoms with E-state index in [-0.39, 0.29) is 5.60 Å². The van der Waals surface area contributed by atoms with E-state index in [4.69, 9.17) is 4.74 Å². The van der Waals surface area contributed by atoms with Crippen LogP contribution < -0.4 is 4.74 Å². The van der Waals surface area contributed by atoms with Crippen molar-refractivity contribution in [3.8, 4) is 5.75 Å². The van der Waals surface area contributed by atoms with Crippen molar-refractivity contribution in [3.05, 3.63) is 29.3 Å². The lowest BCUT2D eigenvalue weighted by molar-refractivity contribution is -0.145. The van der Waals surface area contributed by atoms with Gasteiger partial charge in [-0.1, -0.05) is 12.1 Å². The molecule has 22 heavy (non-hydrogen) atoms. The molecular weight excluding hydrogens is 280 g/mol. The molecular formula is C17H24N2O3. The molecule has 0 aromatic heterocycles. The van der Waals surface area contributed by atoms with Crippen molar-refractivity contribution in [2.45, 2.75) is 38.5 Å². The average Bonchev–Trinajstić information content (AvgIpc) is 2.73. The summed E-state index contributed by atoms with van der Waals surface area (Å²) in [6, 6.07) is 5.93. The third kappa shape index (κ3) is 3.10. The average molecular weight is 304 g/mol. The molecule has 2 aliphatic heterocycles. The molecule has 1 N–H and O–H groups in total.